The zero-order valence-corrected chi connectivity index (χ0v) is 21.0. The summed E-state index contributed by atoms with van der Waals surface area (Å²) in [7, 11) is 1.55. The Labute approximate surface area is 215 Å². The summed E-state index contributed by atoms with van der Waals surface area (Å²) >= 11 is 6.38. The Morgan fingerprint density at radius 1 is 1.28 bits per heavy atom. The number of piperidine rings is 1. The lowest BCUT2D eigenvalue weighted by molar-refractivity contribution is -0.141. The summed E-state index contributed by atoms with van der Waals surface area (Å²) in [5.74, 6) is 5.95. The number of carboxylic acids is 1. The lowest BCUT2D eigenvalue weighted by Crippen LogP contribution is -2.41. The summed E-state index contributed by atoms with van der Waals surface area (Å²) in [5.41, 5.74) is 1.28. The van der Waals surface area contributed by atoms with Gasteiger partial charge in [0.25, 0.3) is 0 Å². The highest BCUT2D eigenvalue weighted by atomic mass is 35.5. The second-order valence-corrected chi connectivity index (χ2v) is 9.68. The predicted octanol–water partition coefficient (Wildman–Crippen LogP) is 5.69. The molecule has 0 amide bonds. The van der Waals surface area contributed by atoms with Crippen molar-refractivity contribution in [2.45, 2.75) is 38.3 Å². The van der Waals surface area contributed by atoms with E-state index in [-0.39, 0.29) is 17.9 Å². The maximum absolute atomic E-state index is 15.7. The van der Waals surface area contributed by atoms with E-state index in [2.05, 4.69) is 26.7 Å². The van der Waals surface area contributed by atoms with Crippen molar-refractivity contribution in [2.24, 2.45) is 5.41 Å². The molecule has 6 nitrogen and oxygen atoms in total. The quantitative estimate of drug-likeness (QED) is 0.393. The smallest absolute Gasteiger partial charge is 0.303 e. The zero-order valence-electron chi connectivity index (χ0n) is 20.2. The highest BCUT2D eigenvalue weighted by Crippen LogP contribution is 2.44. The van der Waals surface area contributed by atoms with Crippen molar-refractivity contribution in [3.8, 4) is 17.6 Å². The standard InChI is InChI=1S/C28H29ClFN3O3/c1-36-21-7-8-25-22(17-21)27(23(29)19-32-25)24(30)9-10-28(18-26(34)35)11-15-33(16-12-28)14-4-6-20-5-2-3-13-31-20/h2-3,5,7-8,13,17,19,24H,9-12,14-16,18H2,1H3,(H,34,35)/t24-/m0/s1. The summed E-state index contributed by atoms with van der Waals surface area (Å²) in [5, 5.41) is 10.5. The fourth-order valence-corrected chi connectivity index (χ4v) is 5.16. The SMILES string of the molecule is COc1ccc2ncc(Cl)c([C@@H](F)CCC3(CC(=O)O)CCN(CC#Cc4ccccn4)CC3)c2c1. The van der Waals surface area contributed by atoms with Crippen LogP contribution in [0.4, 0.5) is 4.39 Å². The molecule has 1 atom stereocenters. The molecule has 1 saturated heterocycles. The number of alkyl halides is 1. The van der Waals surface area contributed by atoms with Crippen LogP contribution in [0.25, 0.3) is 10.9 Å². The number of likely N-dealkylation sites (tertiary alicyclic amines) is 1. The molecule has 1 N–H and O–H groups in total. The van der Waals surface area contributed by atoms with Crippen LogP contribution in [0.3, 0.4) is 0 Å². The van der Waals surface area contributed by atoms with Crippen molar-refractivity contribution in [1.29, 1.82) is 0 Å². The fourth-order valence-electron chi connectivity index (χ4n) is 4.89. The Hall–Kier alpha value is -3.21. The van der Waals surface area contributed by atoms with Gasteiger partial charge in [-0.3, -0.25) is 14.7 Å². The first-order valence-corrected chi connectivity index (χ1v) is 12.4. The number of ether oxygens (including phenoxy) is 1. The van der Waals surface area contributed by atoms with Crippen molar-refractivity contribution in [3.05, 3.63) is 65.1 Å². The molecule has 36 heavy (non-hydrogen) atoms. The Bertz CT molecular complexity index is 1270. The minimum Gasteiger partial charge on any atom is -0.497 e. The van der Waals surface area contributed by atoms with Crippen LogP contribution in [-0.4, -0.2) is 52.7 Å². The topological polar surface area (TPSA) is 75.6 Å². The van der Waals surface area contributed by atoms with Gasteiger partial charge in [-0.25, -0.2) is 9.37 Å². The number of hydrogen-bond donors (Lipinski definition) is 1. The number of aliphatic carboxylic acids is 1. The number of halogens is 2. The van der Waals surface area contributed by atoms with Crippen molar-refractivity contribution in [3.63, 3.8) is 0 Å². The van der Waals surface area contributed by atoms with Crippen LogP contribution in [-0.2, 0) is 4.79 Å². The van der Waals surface area contributed by atoms with E-state index in [1.54, 1.807) is 31.5 Å². The molecule has 0 bridgehead atoms. The van der Waals surface area contributed by atoms with E-state index in [1.165, 1.54) is 6.20 Å². The summed E-state index contributed by atoms with van der Waals surface area (Å²) in [6, 6.07) is 10.9. The summed E-state index contributed by atoms with van der Waals surface area (Å²) in [4.78, 5) is 22.4. The molecule has 1 aliphatic heterocycles. The monoisotopic (exact) mass is 509 g/mol. The van der Waals surface area contributed by atoms with Crippen molar-refractivity contribution in [2.75, 3.05) is 26.7 Å². The van der Waals surface area contributed by atoms with E-state index in [0.717, 1.165) is 18.8 Å². The number of fused-ring (bicyclic) bond motifs is 1. The minimum atomic E-state index is -1.34. The van der Waals surface area contributed by atoms with Crippen molar-refractivity contribution < 1.29 is 19.0 Å². The van der Waals surface area contributed by atoms with Gasteiger partial charge in [0.1, 0.15) is 17.6 Å². The number of pyridine rings is 2. The van der Waals surface area contributed by atoms with Gasteiger partial charge in [-0.05, 0) is 80.4 Å². The number of nitrogens with zero attached hydrogens (tertiary/aromatic N) is 3. The second-order valence-electron chi connectivity index (χ2n) is 9.27. The maximum atomic E-state index is 15.7. The number of aromatic nitrogens is 2. The number of methoxy groups -OCH3 is 1. The first kappa shape index (κ1) is 25.9. The van der Waals surface area contributed by atoms with Crippen LogP contribution in [0.2, 0.25) is 5.02 Å². The molecule has 1 aromatic carbocycles. The van der Waals surface area contributed by atoms with Gasteiger partial charge in [-0.15, -0.1) is 0 Å². The molecule has 0 spiro atoms. The maximum Gasteiger partial charge on any atom is 0.303 e. The highest BCUT2D eigenvalue weighted by Gasteiger charge is 2.37. The Balaban J connectivity index is 1.43. The van der Waals surface area contributed by atoms with Crippen LogP contribution in [0.1, 0.15) is 49.5 Å². The van der Waals surface area contributed by atoms with E-state index in [1.807, 2.05) is 18.2 Å². The number of hydrogen-bond acceptors (Lipinski definition) is 5. The average Bonchev–Trinajstić information content (AvgIpc) is 2.88. The summed E-state index contributed by atoms with van der Waals surface area (Å²) in [6.07, 6.45) is 3.85. The van der Waals surface area contributed by atoms with E-state index < -0.39 is 17.6 Å². The van der Waals surface area contributed by atoms with Gasteiger partial charge in [-0.1, -0.05) is 23.6 Å². The summed E-state index contributed by atoms with van der Waals surface area (Å²) < 4.78 is 21.0. The molecule has 0 aliphatic carbocycles. The third kappa shape index (κ3) is 6.31. The molecule has 8 heteroatoms. The second kappa shape index (κ2) is 11.7. The van der Waals surface area contributed by atoms with E-state index >= 15 is 4.39 Å². The van der Waals surface area contributed by atoms with Gasteiger partial charge >= 0.3 is 5.97 Å². The normalized spacial score (nSPS) is 16.2. The predicted molar refractivity (Wildman–Crippen MR) is 138 cm³/mol. The molecule has 2 aromatic heterocycles. The Kier molecular flexibility index (Phi) is 8.40. The van der Waals surface area contributed by atoms with Gasteiger partial charge in [0.15, 0.2) is 0 Å². The zero-order chi connectivity index (χ0) is 25.5. The van der Waals surface area contributed by atoms with Crippen LogP contribution in [0, 0.1) is 17.3 Å². The van der Waals surface area contributed by atoms with Gasteiger partial charge < -0.3 is 9.84 Å². The molecule has 4 rings (SSSR count). The number of rotatable bonds is 8. The lowest BCUT2D eigenvalue weighted by atomic mass is 9.71. The third-order valence-corrected chi connectivity index (χ3v) is 7.24. The number of benzene rings is 1. The van der Waals surface area contributed by atoms with E-state index in [4.69, 9.17) is 16.3 Å². The first-order valence-electron chi connectivity index (χ1n) is 12.0. The van der Waals surface area contributed by atoms with Gasteiger partial charge in [0.05, 0.1) is 30.6 Å². The van der Waals surface area contributed by atoms with Crippen LogP contribution >= 0.6 is 11.6 Å². The molecule has 1 aliphatic rings. The third-order valence-electron chi connectivity index (χ3n) is 6.94. The van der Waals surface area contributed by atoms with Gasteiger partial charge in [0, 0.05) is 23.3 Å². The van der Waals surface area contributed by atoms with Gasteiger partial charge in [-0.2, -0.15) is 0 Å². The Morgan fingerprint density at radius 2 is 2.08 bits per heavy atom. The lowest BCUT2D eigenvalue weighted by Gasteiger charge is -2.41. The number of carbonyl (C=O) groups is 1. The van der Waals surface area contributed by atoms with Crippen LogP contribution < -0.4 is 4.74 Å². The first-order chi connectivity index (χ1) is 17.4. The molecular formula is C28H29ClFN3O3. The van der Waals surface area contributed by atoms with E-state index in [9.17, 15) is 9.90 Å². The van der Waals surface area contributed by atoms with Crippen LogP contribution in [0.15, 0.2) is 48.8 Å². The fraction of sp³-hybridized carbons (Fsp3) is 0.393. The minimum absolute atomic E-state index is 0.0197. The molecule has 3 aromatic rings. The Morgan fingerprint density at radius 3 is 2.78 bits per heavy atom. The molecule has 3 heterocycles. The van der Waals surface area contributed by atoms with Crippen molar-refractivity contribution in [1.82, 2.24) is 14.9 Å². The molecule has 1 fully saturated rings. The molecule has 0 saturated carbocycles. The van der Waals surface area contributed by atoms with Gasteiger partial charge in [0.2, 0.25) is 0 Å². The molecule has 0 radical (unpaired) electrons. The summed E-state index contributed by atoms with van der Waals surface area (Å²) in [6.45, 7) is 2.03. The van der Waals surface area contributed by atoms with E-state index in [0.29, 0.717) is 48.0 Å². The largest absolute Gasteiger partial charge is 0.497 e. The average molecular weight is 510 g/mol. The molecular weight excluding hydrogens is 481 g/mol. The molecule has 0 unspecified atom stereocenters. The molecule has 188 valence electrons. The van der Waals surface area contributed by atoms with Crippen LogP contribution in [0.5, 0.6) is 5.75 Å². The number of carboxylic acid groups (broad SMARTS) is 1. The highest BCUT2D eigenvalue weighted by molar-refractivity contribution is 6.32. The van der Waals surface area contributed by atoms with Crippen molar-refractivity contribution >= 4 is 28.5 Å².